The number of aliphatic hydroxyl groups excluding tert-OH is 1. The van der Waals surface area contributed by atoms with Crippen molar-refractivity contribution in [1.82, 2.24) is 10.2 Å². The molecule has 0 aliphatic heterocycles. The zero-order valence-electron chi connectivity index (χ0n) is 15.1. The summed E-state index contributed by atoms with van der Waals surface area (Å²) >= 11 is 2.88. The van der Waals surface area contributed by atoms with Crippen molar-refractivity contribution in [2.45, 2.75) is 17.4 Å². The van der Waals surface area contributed by atoms with Crippen LogP contribution in [0.25, 0.3) is 0 Å². The molecule has 2 aromatic carbocycles. The largest absolute Gasteiger partial charge is 0.495 e. The van der Waals surface area contributed by atoms with Gasteiger partial charge in [-0.3, -0.25) is 0 Å². The molecule has 6 nitrogen and oxygen atoms in total. The average molecular weight is 404 g/mol. The monoisotopic (exact) mass is 403 g/mol. The molecule has 0 aliphatic carbocycles. The fourth-order valence-corrected chi connectivity index (χ4v) is 4.00. The number of aryl methyl sites for hydroxylation is 1. The second kappa shape index (κ2) is 9.59. The third-order valence-electron chi connectivity index (χ3n) is 3.68. The molecule has 0 saturated carbocycles. The van der Waals surface area contributed by atoms with Gasteiger partial charge in [0.2, 0.25) is 5.13 Å². The first-order chi connectivity index (χ1) is 13.2. The summed E-state index contributed by atoms with van der Waals surface area (Å²) in [4.78, 5) is 0. The molecule has 0 fully saturated rings. The van der Waals surface area contributed by atoms with E-state index in [1.54, 1.807) is 7.11 Å². The van der Waals surface area contributed by atoms with Crippen LogP contribution in [0, 0.1) is 6.92 Å². The van der Waals surface area contributed by atoms with E-state index < -0.39 is 6.10 Å². The average Bonchev–Trinajstić information content (AvgIpc) is 3.13. The highest BCUT2D eigenvalue weighted by atomic mass is 32.2. The van der Waals surface area contributed by atoms with Gasteiger partial charge in [-0.25, -0.2) is 0 Å². The lowest BCUT2D eigenvalue weighted by atomic mass is 10.2. The van der Waals surface area contributed by atoms with Crippen LogP contribution in [0.1, 0.15) is 5.56 Å². The molecule has 3 rings (SSSR count). The van der Waals surface area contributed by atoms with Gasteiger partial charge in [0.25, 0.3) is 0 Å². The number of hydrogen-bond donors (Lipinski definition) is 2. The van der Waals surface area contributed by atoms with Crippen LogP contribution in [0.4, 0.5) is 10.8 Å². The molecule has 0 amide bonds. The molecule has 3 aromatic rings. The summed E-state index contributed by atoms with van der Waals surface area (Å²) in [5.74, 6) is 2.02. The minimum Gasteiger partial charge on any atom is -0.495 e. The lowest BCUT2D eigenvalue weighted by Gasteiger charge is -2.12. The quantitative estimate of drug-likeness (QED) is 0.520. The first kappa shape index (κ1) is 19.5. The smallest absolute Gasteiger partial charge is 0.210 e. The number of hydrogen-bond acceptors (Lipinski definition) is 8. The lowest BCUT2D eigenvalue weighted by molar-refractivity contribution is 0.126. The highest BCUT2D eigenvalue weighted by Crippen LogP contribution is 2.31. The van der Waals surface area contributed by atoms with Gasteiger partial charge in [-0.2, -0.15) is 0 Å². The highest BCUT2D eigenvalue weighted by Gasteiger charge is 2.12. The van der Waals surface area contributed by atoms with Crippen molar-refractivity contribution in [3.05, 3.63) is 54.1 Å². The van der Waals surface area contributed by atoms with Crippen LogP contribution >= 0.6 is 23.1 Å². The van der Waals surface area contributed by atoms with E-state index >= 15 is 0 Å². The molecule has 0 unspecified atom stereocenters. The van der Waals surface area contributed by atoms with Crippen LogP contribution in [0.3, 0.4) is 0 Å². The highest BCUT2D eigenvalue weighted by molar-refractivity contribution is 8.01. The number of benzene rings is 2. The van der Waals surface area contributed by atoms with Gasteiger partial charge in [0.15, 0.2) is 4.34 Å². The minimum absolute atomic E-state index is 0.239. The number of para-hydroxylation sites is 3. The minimum atomic E-state index is -0.593. The first-order valence-corrected chi connectivity index (χ1v) is 10.2. The van der Waals surface area contributed by atoms with Crippen LogP contribution in [0.2, 0.25) is 0 Å². The topological polar surface area (TPSA) is 76.5 Å². The molecule has 0 spiro atoms. The maximum absolute atomic E-state index is 10.2. The molecule has 0 radical (unpaired) electrons. The summed E-state index contributed by atoms with van der Waals surface area (Å²) in [5.41, 5.74) is 1.88. The Morgan fingerprint density at radius 2 is 1.85 bits per heavy atom. The summed E-state index contributed by atoms with van der Waals surface area (Å²) in [6, 6.07) is 15.4. The molecule has 2 N–H and O–H groups in total. The first-order valence-electron chi connectivity index (χ1n) is 8.38. The predicted molar refractivity (Wildman–Crippen MR) is 110 cm³/mol. The fourth-order valence-electron chi connectivity index (χ4n) is 2.30. The molecule has 0 bridgehead atoms. The van der Waals surface area contributed by atoms with E-state index in [1.165, 1.54) is 23.1 Å². The number of anilines is 2. The summed E-state index contributed by atoms with van der Waals surface area (Å²) in [5, 5.41) is 22.3. The van der Waals surface area contributed by atoms with Crippen molar-refractivity contribution in [2.75, 3.05) is 24.8 Å². The van der Waals surface area contributed by atoms with Gasteiger partial charge in [-0.15, -0.1) is 10.2 Å². The third-order valence-corrected chi connectivity index (χ3v) is 5.80. The molecule has 142 valence electrons. The number of nitrogens with zero attached hydrogens (tertiary/aromatic N) is 2. The third kappa shape index (κ3) is 5.59. The molecule has 0 aliphatic rings. The Morgan fingerprint density at radius 1 is 1.11 bits per heavy atom. The molecule has 27 heavy (non-hydrogen) atoms. The van der Waals surface area contributed by atoms with Crippen LogP contribution in [0.15, 0.2) is 52.9 Å². The van der Waals surface area contributed by atoms with Gasteiger partial charge < -0.3 is 19.9 Å². The maximum Gasteiger partial charge on any atom is 0.210 e. The van der Waals surface area contributed by atoms with Crippen molar-refractivity contribution in [3.63, 3.8) is 0 Å². The van der Waals surface area contributed by atoms with E-state index in [0.717, 1.165) is 27.1 Å². The van der Waals surface area contributed by atoms with Gasteiger partial charge in [0.05, 0.1) is 18.9 Å². The van der Waals surface area contributed by atoms with Crippen LogP contribution in [-0.4, -0.2) is 40.9 Å². The molecule has 1 heterocycles. The number of nitrogens with one attached hydrogen (secondary N) is 1. The van der Waals surface area contributed by atoms with Crippen LogP contribution in [0.5, 0.6) is 11.5 Å². The van der Waals surface area contributed by atoms with Gasteiger partial charge >= 0.3 is 0 Å². The van der Waals surface area contributed by atoms with Gasteiger partial charge in [0.1, 0.15) is 18.1 Å². The van der Waals surface area contributed by atoms with Crippen molar-refractivity contribution >= 4 is 33.9 Å². The van der Waals surface area contributed by atoms with E-state index in [2.05, 4.69) is 15.5 Å². The summed E-state index contributed by atoms with van der Waals surface area (Å²) < 4.78 is 11.8. The molecule has 0 saturated heterocycles. The Morgan fingerprint density at radius 3 is 2.63 bits per heavy atom. The number of ether oxygens (including phenoxy) is 2. The number of thioether (sulfide) groups is 1. The van der Waals surface area contributed by atoms with Crippen LogP contribution in [-0.2, 0) is 0 Å². The molecular formula is C19H21N3O3S2. The van der Waals surface area contributed by atoms with E-state index in [9.17, 15) is 5.11 Å². The van der Waals surface area contributed by atoms with E-state index in [0.29, 0.717) is 10.9 Å². The lowest BCUT2D eigenvalue weighted by Crippen LogP contribution is -2.20. The number of aliphatic hydroxyl groups is 1. The Bertz CT molecular complexity index is 873. The molecule has 1 atom stereocenters. The zero-order valence-corrected chi connectivity index (χ0v) is 16.7. The molecule has 8 heteroatoms. The van der Waals surface area contributed by atoms with Crippen molar-refractivity contribution in [2.24, 2.45) is 0 Å². The Kier molecular flexibility index (Phi) is 6.92. The SMILES string of the molecule is COc1ccccc1Nc1nnc(SC[C@H](O)COc2ccccc2C)s1. The van der Waals surface area contributed by atoms with E-state index in [-0.39, 0.29) is 6.61 Å². The zero-order chi connectivity index (χ0) is 19.1. The van der Waals surface area contributed by atoms with Gasteiger partial charge in [-0.05, 0) is 30.7 Å². The standard InChI is InChI=1S/C19H21N3O3S2/c1-13-7-3-5-9-16(13)25-11-14(23)12-26-19-22-21-18(27-19)20-15-8-4-6-10-17(15)24-2/h3-10,14,23H,11-12H2,1-2H3,(H,20,21)/t14-/m1/s1. The molecule has 1 aromatic heterocycles. The summed E-state index contributed by atoms with van der Waals surface area (Å²) in [7, 11) is 1.63. The summed E-state index contributed by atoms with van der Waals surface area (Å²) in [6.45, 7) is 2.22. The Hall–Kier alpha value is -2.29. The second-order valence-corrected chi connectivity index (χ2v) is 7.98. The Balaban J connectivity index is 1.48. The van der Waals surface area contributed by atoms with Crippen molar-refractivity contribution in [1.29, 1.82) is 0 Å². The Labute approximate surface area is 166 Å². The maximum atomic E-state index is 10.2. The van der Waals surface area contributed by atoms with E-state index in [1.807, 2.05) is 55.5 Å². The second-order valence-electron chi connectivity index (χ2n) is 5.74. The van der Waals surface area contributed by atoms with Gasteiger partial charge in [0, 0.05) is 5.75 Å². The van der Waals surface area contributed by atoms with E-state index in [4.69, 9.17) is 9.47 Å². The number of methoxy groups -OCH3 is 1. The number of aromatic nitrogens is 2. The number of rotatable bonds is 9. The molecular weight excluding hydrogens is 382 g/mol. The van der Waals surface area contributed by atoms with Crippen molar-refractivity contribution in [3.8, 4) is 11.5 Å². The predicted octanol–water partition coefficient (Wildman–Crippen LogP) is 4.13. The van der Waals surface area contributed by atoms with Crippen molar-refractivity contribution < 1.29 is 14.6 Å². The summed E-state index contributed by atoms with van der Waals surface area (Å²) in [6.07, 6.45) is -0.593. The fraction of sp³-hybridized carbons (Fsp3) is 0.263. The normalized spacial score (nSPS) is 11.8. The van der Waals surface area contributed by atoms with Gasteiger partial charge in [-0.1, -0.05) is 53.4 Å². The van der Waals surface area contributed by atoms with Crippen LogP contribution < -0.4 is 14.8 Å².